The van der Waals surface area contributed by atoms with Gasteiger partial charge in [0.25, 0.3) is 0 Å². The van der Waals surface area contributed by atoms with Crippen molar-refractivity contribution in [3.63, 3.8) is 0 Å². The Bertz CT molecular complexity index is 334. The minimum absolute atomic E-state index is 0.760. The lowest BCUT2D eigenvalue weighted by atomic mass is 10.3. The number of aromatic nitrogens is 2. The highest BCUT2D eigenvalue weighted by Crippen LogP contribution is 2.26. The Kier molecular flexibility index (Phi) is 3.86. The number of thioether (sulfide) groups is 1. The Hall–Kier alpha value is -0.290. The summed E-state index contributed by atoms with van der Waals surface area (Å²) in [5, 5.41) is 0.760. The molecule has 0 amide bonds. The quantitative estimate of drug-likeness (QED) is 0.794. The Morgan fingerprint density at radius 3 is 3.20 bits per heavy atom. The molecule has 1 unspecified atom stereocenters. The monoisotopic (exact) mass is 287 g/mol. The van der Waals surface area contributed by atoms with Gasteiger partial charge in [0.2, 0.25) is 0 Å². The van der Waals surface area contributed by atoms with Crippen molar-refractivity contribution in [3.05, 3.63) is 17.0 Å². The van der Waals surface area contributed by atoms with E-state index in [1.807, 2.05) is 18.0 Å². The molecule has 1 saturated heterocycles. The molecule has 2 rings (SSSR count). The van der Waals surface area contributed by atoms with Crippen molar-refractivity contribution >= 4 is 33.5 Å². The van der Waals surface area contributed by atoms with Crippen molar-refractivity contribution in [3.8, 4) is 0 Å². The summed E-state index contributed by atoms with van der Waals surface area (Å²) >= 11 is 5.54. The van der Waals surface area contributed by atoms with Gasteiger partial charge in [0.1, 0.15) is 12.1 Å². The highest BCUT2D eigenvalue weighted by atomic mass is 79.9. The van der Waals surface area contributed by atoms with Crippen LogP contribution in [0, 0.1) is 0 Å². The molecule has 1 aliphatic heterocycles. The lowest BCUT2D eigenvalue weighted by Crippen LogP contribution is -2.27. The van der Waals surface area contributed by atoms with Gasteiger partial charge in [0.15, 0.2) is 0 Å². The molecule has 0 spiro atoms. The summed E-state index contributed by atoms with van der Waals surface area (Å²) in [6, 6.07) is 0. The molecule has 1 fully saturated rings. The van der Waals surface area contributed by atoms with Crippen LogP contribution in [0.25, 0.3) is 0 Å². The van der Waals surface area contributed by atoms with Crippen LogP contribution in [0.1, 0.15) is 13.3 Å². The van der Waals surface area contributed by atoms with Crippen LogP contribution in [-0.2, 0) is 0 Å². The third-order valence-corrected chi connectivity index (χ3v) is 4.30. The molecule has 0 radical (unpaired) electrons. The Labute approximate surface area is 103 Å². The predicted octanol–water partition coefficient (Wildman–Crippen LogP) is 2.57. The number of nitrogens with zero attached hydrogens (tertiary/aromatic N) is 3. The Morgan fingerprint density at radius 2 is 2.40 bits per heavy atom. The second-order valence-corrected chi connectivity index (χ2v) is 6.05. The lowest BCUT2D eigenvalue weighted by molar-refractivity contribution is 0.751. The zero-order valence-corrected chi connectivity index (χ0v) is 11.1. The van der Waals surface area contributed by atoms with Crippen LogP contribution in [0.3, 0.4) is 0 Å². The van der Waals surface area contributed by atoms with E-state index in [0.29, 0.717) is 0 Å². The summed E-state index contributed by atoms with van der Waals surface area (Å²) in [5.41, 5.74) is 0. The van der Waals surface area contributed by atoms with Crippen LogP contribution >= 0.6 is 27.7 Å². The molecule has 5 heteroatoms. The summed E-state index contributed by atoms with van der Waals surface area (Å²) < 4.78 is 0.990. The molecule has 2 heterocycles. The Morgan fingerprint density at radius 1 is 1.53 bits per heavy atom. The van der Waals surface area contributed by atoms with Crippen molar-refractivity contribution in [1.29, 1.82) is 0 Å². The summed E-state index contributed by atoms with van der Waals surface area (Å²) in [6.07, 6.45) is 4.65. The molecular weight excluding hydrogens is 274 g/mol. The largest absolute Gasteiger partial charge is 0.355 e. The predicted molar refractivity (Wildman–Crippen MR) is 68.5 cm³/mol. The van der Waals surface area contributed by atoms with Gasteiger partial charge in [0.05, 0.1) is 4.47 Å². The summed E-state index contributed by atoms with van der Waals surface area (Å²) in [4.78, 5) is 10.7. The first kappa shape index (κ1) is 11.2. The highest BCUT2D eigenvalue weighted by molar-refractivity contribution is 9.10. The SMILES string of the molecule is CC1CCN(c2ncncc2Br)CCS1. The van der Waals surface area contributed by atoms with Crippen molar-refractivity contribution in [1.82, 2.24) is 9.97 Å². The van der Waals surface area contributed by atoms with Gasteiger partial charge in [-0.2, -0.15) is 11.8 Å². The highest BCUT2D eigenvalue weighted by Gasteiger charge is 2.16. The second-order valence-electron chi connectivity index (χ2n) is 3.65. The molecule has 1 aromatic heterocycles. The first-order chi connectivity index (χ1) is 7.27. The minimum atomic E-state index is 0.760. The van der Waals surface area contributed by atoms with Crippen molar-refractivity contribution < 1.29 is 0 Å². The molecule has 3 nitrogen and oxygen atoms in total. The maximum absolute atomic E-state index is 4.33. The number of hydrogen-bond acceptors (Lipinski definition) is 4. The van der Waals surface area contributed by atoms with Gasteiger partial charge in [-0.1, -0.05) is 6.92 Å². The standard InChI is InChI=1S/C10H14BrN3S/c1-8-2-3-14(4-5-15-8)10-9(11)6-12-7-13-10/h6-8H,2-5H2,1H3. The van der Waals surface area contributed by atoms with Gasteiger partial charge >= 0.3 is 0 Å². The van der Waals surface area contributed by atoms with E-state index in [1.165, 1.54) is 12.2 Å². The number of halogens is 1. The van der Waals surface area contributed by atoms with E-state index in [2.05, 4.69) is 37.7 Å². The van der Waals surface area contributed by atoms with Crippen molar-refractivity contribution in [2.45, 2.75) is 18.6 Å². The van der Waals surface area contributed by atoms with Gasteiger partial charge in [-0.3, -0.25) is 0 Å². The van der Waals surface area contributed by atoms with E-state index in [-0.39, 0.29) is 0 Å². The average Bonchev–Trinajstić information content (AvgIpc) is 2.44. The van der Waals surface area contributed by atoms with Gasteiger partial charge < -0.3 is 4.90 Å². The van der Waals surface area contributed by atoms with E-state index in [0.717, 1.165) is 28.6 Å². The molecular formula is C10H14BrN3S. The molecule has 1 aliphatic rings. The summed E-state index contributed by atoms with van der Waals surface area (Å²) in [6.45, 7) is 4.46. The van der Waals surface area contributed by atoms with Gasteiger partial charge in [-0.05, 0) is 22.4 Å². The van der Waals surface area contributed by atoms with Gasteiger partial charge in [-0.15, -0.1) is 0 Å². The molecule has 0 bridgehead atoms. The first-order valence-electron chi connectivity index (χ1n) is 5.09. The maximum atomic E-state index is 4.33. The third-order valence-electron chi connectivity index (χ3n) is 2.52. The van der Waals surface area contributed by atoms with Crippen LogP contribution < -0.4 is 4.90 Å². The van der Waals surface area contributed by atoms with E-state index in [1.54, 1.807) is 6.33 Å². The summed E-state index contributed by atoms with van der Waals surface area (Å²) in [5.74, 6) is 2.21. The van der Waals surface area contributed by atoms with Crippen molar-refractivity contribution in [2.75, 3.05) is 23.7 Å². The smallest absolute Gasteiger partial charge is 0.146 e. The van der Waals surface area contributed by atoms with Crippen LogP contribution in [0.4, 0.5) is 5.82 Å². The minimum Gasteiger partial charge on any atom is -0.355 e. The zero-order valence-electron chi connectivity index (χ0n) is 8.69. The average molecular weight is 288 g/mol. The topological polar surface area (TPSA) is 29.0 Å². The molecule has 15 heavy (non-hydrogen) atoms. The fourth-order valence-corrected chi connectivity index (χ4v) is 3.12. The fourth-order valence-electron chi connectivity index (χ4n) is 1.65. The molecule has 0 aromatic carbocycles. The molecule has 0 N–H and O–H groups in total. The van der Waals surface area contributed by atoms with E-state index >= 15 is 0 Å². The number of rotatable bonds is 1. The Balaban J connectivity index is 2.13. The van der Waals surface area contributed by atoms with Crippen LogP contribution in [0.5, 0.6) is 0 Å². The zero-order chi connectivity index (χ0) is 10.7. The molecule has 1 atom stereocenters. The third kappa shape index (κ3) is 2.84. The lowest BCUT2D eigenvalue weighted by Gasteiger charge is -2.21. The van der Waals surface area contributed by atoms with Crippen LogP contribution in [0.2, 0.25) is 0 Å². The molecule has 1 aromatic rings. The van der Waals surface area contributed by atoms with E-state index in [9.17, 15) is 0 Å². The van der Waals surface area contributed by atoms with Gasteiger partial charge in [0, 0.05) is 30.3 Å². The van der Waals surface area contributed by atoms with Crippen LogP contribution in [-0.4, -0.2) is 34.1 Å². The second kappa shape index (κ2) is 5.16. The first-order valence-corrected chi connectivity index (χ1v) is 6.93. The maximum Gasteiger partial charge on any atom is 0.146 e. The van der Waals surface area contributed by atoms with Crippen molar-refractivity contribution in [2.24, 2.45) is 0 Å². The molecule has 0 aliphatic carbocycles. The van der Waals surface area contributed by atoms with Gasteiger partial charge in [-0.25, -0.2) is 9.97 Å². The number of anilines is 1. The number of hydrogen-bond donors (Lipinski definition) is 0. The molecule has 82 valence electrons. The molecule has 0 saturated carbocycles. The normalized spacial score (nSPS) is 22.5. The summed E-state index contributed by atoms with van der Waals surface area (Å²) in [7, 11) is 0. The van der Waals surface area contributed by atoms with Crippen LogP contribution in [0.15, 0.2) is 17.0 Å². The fraction of sp³-hybridized carbons (Fsp3) is 0.600. The van der Waals surface area contributed by atoms with E-state index in [4.69, 9.17) is 0 Å². The van der Waals surface area contributed by atoms with E-state index < -0.39 is 0 Å².